The molecule has 55 valence electrons. The highest BCUT2D eigenvalue weighted by atomic mass is 15.1. The zero-order chi connectivity index (χ0) is 7.68. The molecule has 2 aromatic rings. The van der Waals surface area contributed by atoms with Gasteiger partial charge in [0.2, 0.25) is 0 Å². The fourth-order valence-corrected chi connectivity index (χ4v) is 0.937. The Bertz CT molecular complexity index is 333. The molecule has 0 aliphatic rings. The molecule has 2 aromatic heterocycles. The van der Waals surface area contributed by atoms with E-state index in [9.17, 15) is 0 Å². The average molecular weight is 147 g/mol. The molecule has 2 rings (SSSR count). The highest BCUT2D eigenvalue weighted by molar-refractivity contribution is 5.47. The van der Waals surface area contributed by atoms with Crippen LogP contribution in [0.2, 0.25) is 0 Å². The van der Waals surface area contributed by atoms with Crippen molar-refractivity contribution in [3.8, 4) is 11.5 Å². The first-order chi connectivity index (χ1) is 5.38. The normalized spacial score (nSPS) is 10.3. The first kappa shape index (κ1) is 6.15. The van der Waals surface area contributed by atoms with Crippen LogP contribution in [0.15, 0.2) is 18.7 Å². The predicted molar refractivity (Wildman–Crippen MR) is 39.6 cm³/mol. The summed E-state index contributed by atoms with van der Waals surface area (Å²) >= 11 is 0. The van der Waals surface area contributed by atoms with Crippen LogP contribution >= 0.6 is 0 Å². The minimum Gasteiger partial charge on any atom is -0.350 e. The van der Waals surface area contributed by atoms with Gasteiger partial charge < -0.3 is 9.55 Å². The van der Waals surface area contributed by atoms with E-state index in [1.165, 1.54) is 0 Å². The second-order valence-corrected chi connectivity index (χ2v) is 2.26. The largest absolute Gasteiger partial charge is 0.350 e. The highest BCUT2D eigenvalue weighted by Crippen LogP contribution is 2.10. The number of aryl methyl sites for hydroxylation is 1. The first-order valence-electron chi connectivity index (χ1n) is 3.26. The van der Waals surface area contributed by atoms with Crippen molar-refractivity contribution in [2.45, 2.75) is 0 Å². The van der Waals surface area contributed by atoms with Gasteiger partial charge in [-0.1, -0.05) is 0 Å². The van der Waals surface area contributed by atoms with Crippen LogP contribution in [-0.4, -0.2) is 19.5 Å². The lowest BCUT2D eigenvalue weighted by atomic mass is 10.4. The maximum Gasteiger partial charge on any atom is 0.160 e. The summed E-state index contributed by atoms with van der Waals surface area (Å²) in [5.74, 6) is 0.825. The molecule has 1 radical (unpaired) electrons. The molecular formula is C7H7N4. The van der Waals surface area contributed by atoms with Gasteiger partial charge in [0.25, 0.3) is 0 Å². The van der Waals surface area contributed by atoms with Gasteiger partial charge in [0.15, 0.2) is 5.82 Å². The lowest BCUT2D eigenvalue weighted by Crippen LogP contribution is -1.90. The van der Waals surface area contributed by atoms with Gasteiger partial charge in [-0.05, 0) is 0 Å². The van der Waals surface area contributed by atoms with Crippen molar-refractivity contribution >= 4 is 0 Å². The van der Waals surface area contributed by atoms with Crippen LogP contribution in [0.25, 0.3) is 11.5 Å². The second-order valence-electron chi connectivity index (χ2n) is 2.26. The van der Waals surface area contributed by atoms with E-state index in [0.717, 1.165) is 11.5 Å². The SMILES string of the molecule is Cn1c[c]nc1-c1c[nH]cn1. The van der Waals surface area contributed by atoms with Gasteiger partial charge in [-0.25, -0.2) is 9.97 Å². The Labute approximate surface area is 63.9 Å². The van der Waals surface area contributed by atoms with Crippen molar-refractivity contribution in [1.82, 2.24) is 19.5 Å². The standard InChI is InChI=1S/C7H7N4/c1-11-3-2-9-7(11)6-4-8-5-10-6/h3-5H,1H3,(H,8,10). The molecule has 0 atom stereocenters. The predicted octanol–water partition coefficient (Wildman–Crippen LogP) is 0.610. The summed E-state index contributed by atoms with van der Waals surface area (Å²) in [6.45, 7) is 0. The van der Waals surface area contributed by atoms with Gasteiger partial charge in [0.05, 0.1) is 6.33 Å². The fourth-order valence-electron chi connectivity index (χ4n) is 0.937. The molecule has 0 amide bonds. The van der Waals surface area contributed by atoms with Gasteiger partial charge in [-0.2, -0.15) is 0 Å². The van der Waals surface area contributed by atoms with Gasteiger partial charge >= 0.3 is 0 Å². The second kappa shape index (κ2) is 2.23. The Morgan fingerprint density at radius 2 is 2.55 bits per heavy atom. The Balaban J connectivity index is 2.53. The van der Waals surface area contributed by atoms with Gasteiger partial charge in [-0.15, -0.1) is 0 Å². The van der Waals surface area contributed by atoms with Crippen LogP contribution < -0.4 is 0 Å². The number of H-pyrrole nitrogens is 1. The minimum atomic E-state index is 0.825. The van der Waals surface area contributed by atoms with E-state index in [1.807, 2.05) is 11.6 Å². The van der Waals surface area contributed by atoms with Crippen LogP contribution in [0.5, 0.6) is 0 Å². The van der Waals surface area contributed by atoms with E-state index < -0.39 is 0 Å². The van der Waals surface area contributed by atoms with Crippen molar-refractivity contribution in [1.29, 1.82) is 0 Å². The number of hydrogen-bond donors (Lipinski definition) is 1. The Morgan fingerprint density at radius 1 is 1.64 bits per heavy atom. The van der Waals surface area contributed by atoms with Gasteiger partial charge in [0.1, 0.15) is 11.9 Å². The van der Waals surface area contributed by atoms with E-state index in [1.54, 1.807) is 18.7 Å². The quantitative estimate of drug-likeness (QED) is 0.642. The third-order valence-electron chi connectivity index (χ3n) is 1.48. The molecule has 0 aromatic carbocycles. The van der Waals surface area contributed by atoms with E-state index in [4.69, 9.17) is 0 Å². The average Bonchev–Trinajstić information content (AvgIpc) is 2.55. The topological polar surface area (TPSA) is 46.5 Å². The zero-order valence-corrected chi connectivity index (χ0v) is 6.07. The number of hydrogen-bond acceptors (Lipinski definition) is 2. The first-order valence-corrected chi connectivity index (χ1v) is 3.26. The molecule has 4 heteroatoms. The monoisotopic (exact) mass is 147 g/mol. The molecular weight excluding hydrogens is 140 g/mol. The van der Waals surface area contributed by atoms with Crippen LogP contribution in [0.4, 0.5) is 0 Å². The molecule has 11 heavy (non-hydrogen) atoms. The Hall–Kier alpha value is -1.58. The van der Waals surface area contributed by atoms with Crippen LogP contribution in [-0.2, 0) is 7.05 Å². The molecule has 1 N–H and O–H groups in total. The fraction of sp³-hybridized carbons (Fsp3) is 0.143. The molecule has 0 saturated heterocycles. The number of rotatable bonds is 1. The van der Waals surface area contributed by atoms with Gasteiger partial charge in [0, 0.05) is 19.4 Å². The van der Waals surface area contributed by atoms with Crippen LogP contribution in [0.3, 0.4) is 0 Å². The molecule has 0 saturated carbocycles. The zero-order valence-electron chi connectivity index (χ0n) is 6.07. The van der Waals surface area contributed by atoms with Crippen molar-refractivity contribution in [3.05, 3.63) is 24.9 Å². The number of nitrogens with zero attached hydrogens (tertiary/aromatic N) is 3. The third-order valence-corrected chi connectivity index (χ3v) is 1.48. The maximum atomic E-state index is 4.06. The molecule has 0 aliphatic carbocycles. The van der Waals surface area contributed by atoms with E-state index in [-0.39, 0.29) is 0 Å². The number of imidazole rings is 2. The molecule has 0 fully saturated rings. The molecule has 4 nitrogen and oxygen atoms in total. The minimum absolute atomic E-state index is 0.825. The Kier molecular flexibility index (Phi) is 1.25. The van der Waals surface area contributed by atoms with E-state index in [0.29, 0.717) is 0 Å². The molecule has 0 unspecified atom stereocenters. The Morgan fingerprint density at radius 3 is 3.09 bits per heavy atom. The van der Waals surface area contributed by atoms with E-state index >= 15 is 0 Å². The number of aromatic nitrogens is 4. The third kappa shape index (κ3) is 0.920. The number of nitrogens with one attached hydrogen (secondary N) is 1. The molecule has 0 aliphatic heterocycles. The summed E-state index contributed by atoms with van der Waals surface area (Å²) in [6, 6.07) is 0. The van der Waals surface area contributed by atoms with E-state index in [2.05, 4.69) is 21.1 Å². The lowest BCUT2D eigenvalue weighted by molar-refractivity contribution is 0.919. The lowest BCUT2D eigenvalue weighted by Gasteiger charge is -1.94. The van der Waals surface area contributed by atoms with Crippen LogP contribution in [0.1, 0.15) is 0 Å². The maximum absolute atomic E-state index is 4.06. The molecule has 0 bridgehead atoms. The van der Waals surface area contributed by atoms with Crippen LogP contribution in [0, 0.1) is 6.20 Å². The number of aromatic amines is 1. The van der Waals surface area contributed by atoms with Crippen molar-refractivity contribution in [3.63, 3.8) is 0 Å². The van der Waals surface area contributed by atoms with Gasteiger partial charge in [-0.3, -0.25) is 0 Å². The highest BCUT2D eigenvalue weighted by Gasteiger charge is 2.03. The van der Waals surface area contributed by atoms with Crippen molar-refractivity contribution < 1.29 is 0 Å². The molecule has 2 heterocycles. The summed E-state index contributed by atoms with van der Waals surface area (Å²) in [6.07, 6.45) is 7.94. The summed E-state index contributed by atoms with van der Waals surface area (Å²) in [5.41, 5.74) is 0.841. The summed E-state index contributed by atoms with van der Waals surface area (Å²) in [7, 11) is 1.91. The molecule has 0 spiro atoms. The van der Waals surface area contributed by atoms with Crippen molar-refractivity contribution in [2.75, 3.05) is 0 Å². The smallest absolute Gasteiger partial charge is 0.160 e. The summed E-state index contributed by atoms with van der Waals surface area (Å²) < 4.78 is 1.87. The van der Waals surface area contributed by atoms with Crippen molar-refractivity contribution in [2.24, 2.45) is 7.05 Å². The summed E-state index contributed by atoms with van der Waals surface area (Å²) in [4.78, 5) is 10.9. The summed E-state index contributed by atoms with van der Waals surface area (Å²) in [5, 5.41) is 0.